The second-order valence-electron chi connectivity index (χ2n) is 5.85. The predicted octanol–water partition coefficient (Wildman–Crippen LogP) is 3.43. The van der Waals surface area contributed by atoms with Gasteiger partial charge in [-0.2, -0.15) is 5.10 Å². The molecule has 0 heterocycles. The van der Waals surface area contributed by atoms with Crippen molar-refractivity contribution < 1.29 is 15.0 Å². The van der Waals surface area contributed by atoms with Crippen molar-refractivity contribution >= 4 is 23.6 Å². The lowest BCUT2D eigenvalue weighted by Crippen LogP contribution is -2.24. The van der Waals surface area contributed by atoms with Crippen molar-refractivity contribution in [1.82, 2.24) is 0 Å². The summed E-state index contributed by atoms with van der Waals surface area (Å²) in [4.78, 5) is 13.1. The zero-order valence-corrected chi connectivity index (χ0v) is 14.9. The Balaban J connectivity index is 1.91. The molecule has 6 heteroatoms. The van der Waals surface area contributed by atoms with Crippen LogP contribution in [0.3, 0.4) is 0 Å². The van der Waals surface area contributed by atoms with Gasteiger partial charge in [-0.25, -0.2) is 4.79 Å². The Hall–Kier alpha value is -2.86. The maximum absolute atomic E-state index is 10.8. The molecule has 0 amide bonds. The summed E-state index contributed by atoms with van der Waals surface area (Å²) < 4.78 is 0. The number of hydrazone groups is 1. The fourth-order valence-electron chi connectivity index (χ4n) is 2.52. The third-order valence-electron chi connectivity index (χ3n) is 4.02. The Labute approximate surface area is 153 Å². The van der Waals surface area contributed by atoms with Crippen LogP contribution in [0.15, 0.2) is 53.6 Å². The summed E-state index contributed by atoms with van der Waals surface area (Å²) in [5.74, 6) is -0.947. The number of unbranched alkanes of at least 4 members (excludes halogenated alkanes) is 1. The molecule has 0 fully saturated rings. The van der Waals surface area contributed by atoms with Crippen LogP contribution >= 0.6 is 0 Å². The molecule has 2 aromatic rings. The molecule has 2 aromatic carbocycles. The van der Waals surface area contributed by atoms with Crippen LogP contribution in [0.4, 0.5) is 11.4 Å². The van der Waals surface area contributed by atoms with Crippen LogP contribution in [0.1, 0.15) is 35.7 Å². The van der Waals surface area contributed by atoms with Crippen LogP contribution in [0.5, 0.6) is 0 Å². The smallest absolute Gasteiger partial charge is 0.335 e. The molecule has 138 valence electrons. The standard InChI is InChI=1S/C20H25N3O3/c1-2-23(13-3-4-14-24)19-11-5-16(6-12-19)15-21-22-18-9-7-17(8-10-18)20(25)26/h5-12,15,22,24H,2-4,13-14H2,1H3,(H,25,26)/b21-15+. The van der Waals surface area contributed by atoms with Gasteiger partial charge in [0.1, 0.15) is 0 Å². The molecule has 26 heavy (non-hydrogen) atoms. The number of aromatic carboxylic acids is 1. The number of carboxylic acid groups (broad SMARTS) is 1. The molecule has 0 aliphatic heterocycles. The van der Waals surface area contributed by atoms with Crippen molar-refractivity contribution in [2.24, 2.45) is 5.10 Å². The fraction of sp³-hybridized carbons (Fsp3) is 0.300. The summed E-state index contributed by atoms with van der Waals surface area (Å²) >= 11 is 0. The highest BCUT2D eigenvalue weighted by Gasteiger charge is 2.03. The topological polar surface area (TPSA) is 85.2 Å². The maximum Gasteiger partial charge on any atom is 0.335 e. The van der Waals surface area contributed by atoms with E-state index in [0.29, 0.717) is 0 Å². The lowest BCUT2D eigenvalue weighted by Gasteiger charge is -2.23. The van der Waals surface area contributed by atoms with E-state index in [4.69, 9.17) is 10.2 Å². The molecule has 3 N–H and O–H groups in total. The van der Waals surface area contributed by atoms with Crippen LogP contribution in [0.25, 0.3) is 0 Å². The van der Waals surface area contributed by atoms with Gasteiger partial charge in [0, 0.05) is 25.4 Å². The molecule has 0 radical (unpaired) electrons. The van der Waals surface area contributed by atoms with Crippen molar-refractivity contribution in [3.63, 3.8) is 0 Å². The van der Waals surface area contributed by atoms with E-state index in [1.807, 2.05) is 12.1 Å². The van der Waals surface area contributed by atoms with E-state index in [0.717, 1.165) is 42.9 Å². The Morgan fingerprint density at radius 3 is 2.38 bits per heavy atom. The molecule has 0 bridgehead atoms. The Bertz CT molecular complexity index is 712. The van der Waals surface area contributed by atoms with E-state index in [-0.39, 0.29) is 12.2 Å². The third-order valence-corrected chi connectivity index (χ3v) is 4.02. The average Bonchev–Trinajstić information content (AvgIpc) is 2.66. The lowest BCUT2D eigenvalue weighted by molar-refractivity contribution is 0.0697. The number of rotatable bonds is 10. The van der Waals surface area contributed by atoms with Crippen LogP contribution < -0.4 is 10.3 Å². The zero-order valence-electron chi connectivity index (χ0n) is 14.9. The molecule has 6 nitrogen and oxygen atoms in total. The van der Waals surface area contributed by atoms with E-state index in [1.165, 1.54) is 12.1 Å². The van der Waals surface area contributed by atoms with Gasteiger partial charge in [0.15, 0.2) is 0 Å². The first kappa shape index (κ1) is 19.5. The Kier molecular flexibility index (Phi) is 7.64. The average molecular weight is 355 g/mol. The van der Waals surface area contributed by atoms with Crippen molar-refractivity contribution in [3.8, 4) is 0 Å². The molecule has 2 rings (SSSR count). The summed E-state index contributed by atoms with van der Waals surface area (Å²) in [6, 6.07) is 14.5. The zero-order chi connectivity index (χ0) is 18.8. The highest BCUT2D eigenvalue weighted by molar-refractivity contribution is 5.88. The largest absolute Gasteiger partial charge is 0.478 e. The number of nitrogens with one attached hydrogen (secondary N) is 1. The molecule has 0 saturated heterocycles. The summed E-state index contributed by atoms with van der Waals surface area (Å²) in [6.45, 7) is 4.21. The van der Waals surface area contributed by atoms with Crippen LogP contribution in [-0.4, -0.2) is 42.1 Å². The second-order valence-corrected chi connectivity index (χ2v) is 5.85. The SMILES string of the molecule is CCN(CCCCO)c1ccc(/C=N/Nc2ccc(C(=O)O)cc2)cc1. The van der Waals surface area contributed by atoms with E-state index in [1.54, 1.807) is 18.3 Å². The fourth-order valence-corrected chi connectivity index (χ4v) is 2.52. The minimum Gasteiger partial charge on any atom is -0.478 e. The van der Waals surface area contributed by atoms with Gasteiger partial charge in [-0.1, -0.05) is 12.1 Å². The number of nitrogens with zero attached hydrogens (tertiary/aromatic N) is 2. The maximum atomic E-state index is 10.8. The molecule has 0 aromatic heterocycles. The molecule has 0 saturated carbocycles. The van der Waals surface area contributed by atoms with Gasteiger partial charge < -0.3 is 15.1 Å². The Morgan fingerprint density at radius 1 is 1.12 bits per heavy atom. The first-order chi connectivity index (χ1) is 12.6. The van der Waals surface area contributed by atoms with Gasteiger partial charge in [0.2, 0.25) is 0 Å². The van der Waals surface area contributed by atoms with Crippen LogP contribution in [0.2, 0.25) is 0 Å². The predicted molar refractivity (Wildman–Crippen MR) is 105 cm³/mol. The number of aliphatic hydroxyl groups is 1. The van der Waals surface area contributed by atoms with E-state index < -0.39 is 5.97 Å². The summed E-state index contributed by atoms with van der Waals surface area (Å²) in [5, 5.41) is 21.9. The minimum atomic E-state index is -0.947. The molecule has 0 atom stereocenters. The summed E-state index contributed by atoms with van der Waals surface area (Å²) in [7, 11) is 0. The van der Waals surface area contributed by atoms with Gasteiger partial charge in [0.25, 0.3) is 0 Å². The van der Waals surface area contributed by atoms with E-state index >= 15 is 0 Å². The molecule has 0 aliphatic carbocycles. The first-order valence-corrected chi connectivity index (χ1v) is 8.72. The molecular formula is C20H25N3O3. The number of carboxylic acids is 1. The Morgan fingerprint density at radius 2 is 1.81 bits per heavy atom. The number of benzene rings is 2. The van der Waals surface area contributed by atoms with Gasteiger partial charge in [-0.3, -0.25) is 5.43 Å². The quantitative estimate of drug-likeness (QED) is 0.345. The third kappa shape index (κ3) is 5.89. The number of anilines is 2. The minimum absolute atomic E-state index is 0.235. The van der Waals surface area contributed by atoms with Crippen LogP contribution in [-0.2, 0) is 0 Å². The van der Waals surface area contributed by atoms with Gasteiger partial charge in [0.05, 0.1) is 17.5 Å². The lowest BCUT2D eigenvalue weighted by atomic mass is 10.2. The summed E-state index contributed by atoms with van der Waals surface area (Å²) in [5.41, 5.74) is 5.98. The normalized spacial score (nSPS) is 10.8. The highest BCUT2D eigenvalue weighted by atomic mass is 16.4. The molecule has 0 spiro atoms. The van der Waals surface area contributed by atoms with Gasteiger partial charge in [-0.15, -0.1) is 0 Å². The van der Waals surface area contributed by atoms with Gasteiger partial charge >= 0.3 is 5.97 Å². The van der Waals surface area contributed by atoms with Crippen molar-refractivity contribution in [3.05, 3.63) is 59.7 Å². The number of carbonyl (C=O) groups is 1. The number of hydrogen-bond donors (Lipinski definition) is 3. The van der Waals surface area contributed by atoms with Crippen molar-refractivity contribution in [2.45, 2.75) is 19.8 Å². The van der Waals surface area contributed by atoms with E-state index in [2.05, 4.69) is 34.5 Å². The number of hydrogen-bond acceptors (Lipinski definition) is 5. The number of aliphatic hydroxyl groups excluding tert-OH is 1. The van der Waals surface area contributed by atoms with Crippen molar-refractivity contribution in [1.29, 1.82) is 0 Å². The monoisotopic (exact) mass is 355 g/mol. The van der Waals surface area contributed by atoms with Crippen LogP contribution in [0, 0.1) is 0 Å². The second kappa shape index (κ2) is 10.2. The molecular weight excluding hydrogens is 330 g/mol. The van der Waals surface area contributed by atoms with Crippen molar-refractivity contribution in [2.75, 3.05) is 30.0 Å². The summed E-state index contributed by atoms with van der Waals surface area (Å²) in [6.07, 6.45) is 3.51. The van der Waals surface area contributed by atoms with Gasteiger partial charge in [-0.05, 0) is 61.7 Å². The molecule has 0 aliphatic rings. The molecule has 0 unspecified atom stereocenters. The highest BCUT2D eigenvalue weighted by Crippen LogP contribution is 2.15. The van der Waals surface area contributed by atoms with E-state index in [9.17, 15) is 4.79 Å². The first-order valence-electron chi connectivity index (χ1n) is 8.72.